The summed E-state index contributed by atoms with van der Waals surface area (Å²) in [4.78, 5) is 29.2. The molecular formula is C20H20N4O3. The lowest BCUT2D eigenvalue weighted by molar-refractivity contribution is -0.128. The fourth-order valence-electron chi connectivity index (χ4n) is 3.73. The van der Waals surface area contributed by atoms with Crippen molar-refractivity contribution in [3.05, 3.63) is 82.2 Å². The quantitative estimate of drug-likeness (QED) is 0.451. The molecule has 27 heavy (non-hydrogen) atoms. The molecule has 2 aromatic rings. The minimum atomic E-state index is -1.14. The van der Waals surface area contributed by atoms with E-state index in [1.54, 1.807) is 0 Å². The van der Waals surface area contributed by atoms with Crippen LogP contribution in [0.25, 0.3) is 10.4 Å². The highest BCUT2D eigenvalue weighted by molar-refractivity contribution is 5.95. The molecule has 2 aromatic carbocycles. The molecule has 3 rings (SSSR count). The molecule has 0 aliphatic carbocycles. The molecule has 0 spiro atoms. The Morgan fingerprint density at radius 3 is 2.11 bits per heavy atom. The van der Waals surface area contributed by atoms with Gasteiger partial charge in [0.05, 0.1) is 6.04 Å². The lowest BCUT2D eigenvalue weighted by atomic mass is 9.75. The number of amides is 2. The fourth-order valence-corrected chi connectivity index (χ4v) is 3.73. The van der Waals surface area contributed by atoms with E-state index in [0.29, 0.717) is 0 Å². The molecule has 138 valence electrons. The van der Waals surface area contributed by atoms with E-state index in [0.717, 1.165) is 16.0 Å². The van der Waals surface area contributed by atoms with Gasteiger partial charge in [0.1, 0.15) is 6.54 Å². The maximum atomic E-state index is 12.8. The van der Waals surface area contributed by atoms with Gasteiger partial charge >= 0.3 is 6.09 Å². The van der Waals surface area contributed by atoms with Crippen LogP contribution in [-0.4, -0.2) is 29.5 Å². The number of cyclic esters (lactones) is 1. The predicted molar refractivity (Wildman–Crippen MR) is 99.6 cm³/mol. The zero-order chi connectivity index (χ0) is 19.4. The maximum Gasteiger partial charge on any atom is 0.418 e. The first kappa shape index (κ1) is 18.5. The third-order valence-electron chi connectivity index (χ3n) is 4.71. The van der Waals surface area contributed by atoms with E-state index in [9.17, 15) is 9.59 Å². The van der Waals surface area contributed by atoms with Gasteiger partial charge in [0, 0.05) is 16.0 Å². The molecule has 1 aliphatic rings. The minimum absolute atomic E-state index is 0.105. The second kappa shape index (κ2) is 7.51. The van der Waals surface area contributed by atoms with Crippen LogP contribution in [0.4, 0.5) is 4.79 Å². The van der Waals surface area contributed by atoms with Gasteiger partial charge in [-0.15, -0.1) is 0 Å². The van der Waals surface area contributed by atoms with Crippen LogP contribution in [0.5, 0.6) is 0 Å². The Morgan fingerprint density at radius 1 is 1.15 bits per heavy atom. The van der Waals surface area contributed by atoms with Crippen LogP contribution in [0.2, 0.25) is 0 Å². The van der Waals surface area contributed by atoms with E-state index >= 15 is 0 Å². The van der Waals surface area contributed by atoms with Crippen molar-refractivity contribution in [1.29, 1.82) is 0 Å². The summed E-state index contributed by atoms with van der Waals surface area (Å²) in [6.07, 6.45) is -0.737. The Balaban J connectivity index is 2.22. The topological polar surface area (TPSA) is 95.4 Å². The molecule has 7 heteroatoms. The summed E-state index contributed by atoms with van der Waals surface area (Å²) in [7, 11) is 0. The lowest BCUT2D eigenvalue weighted by Gasteiger charge is -2.37. The van der Waals surface area contributed by atoms with Crippen molar-refractivity contribution in [2.45, 2.75) is 25.5 Å². The summed E-state index contributed by atoms with van der Waals surface area (Å²) >= 11 is 0. The maximum absolute atomic E-state index is 12.8. The van der Waals surface area contributed by atoms with E-state index in [1.807, 2.05) is 74.5 Å². The van der Waals surface area contributed by atoms with Gasteiger partial charge in [0.2, 0.25) is 5.91 Å². The van der Waals surface area contributed by atoms with Gasteiger partial charge in [-0.05, 0) is 11.4 Å². The van der Waals surface area contributed by atoms with Crippen molar-refractivity contribution in [1.82, 2.24) is 4.90 Å². The van der Waals surface area contributed by atoms with Gasteiger partial charge in [-0.3, -0.25) is 4.79 Å². The third kappa shape index (κ3) is 3.13. The molecule has 1 heterocycles. The molecule has 0 aromatic heterocycles. The van der Waals surface area contributed by atoms with Crippen LogP contribution in [-0.2, 0) is 15.1 Å². The van der Waals surface area contributed by atoms with Crippen molar-refractivity contribution in [3.8, 4) is 0 Å². The summed E-state index contributed by atoms with van der Waals surface area (Å²) in [6.45, 7) is 3.43. The van der Waals surface area contributed by atoms with Gasteiger partial charge in [-0.2, -0.15) is 0 Å². The molecule has 1 aliphatic heterocycles. The van der Waals surface area contributed by atoms with Gasteiger partial charge in [-0.1, -0.05) is 79.6 Å². The highest BCUT2D eigenvalue weighted by Crippen LogP contribution is 2.47. The number of ether oxygens (including phenoxy) is 1. The molecule has 0 saturated carbocycles. The largest absolute Gasteiger partial charge is 0.430 e. The van der Waals surface area contributed by atoms with Crippen LogP contribution in [0.15, 0.2) is 65.8 Å². The summed E-state index contributed by atoms with van der Waals surface area (Å²) in [5.41, 5.74) is 8.95. The zero-order valence-electron chi connectivity index (χ0n) is 15.1. The molecule has 2 amide bonds. The number of carbonyl (C=O) groups is 2. The van der Waals surface area contributed by atoms with Gasteiger partial charge < -0.3 is 4.74 Å². The average molecular weight is 364 g/mol. The molecule has 1 atom stereocenters. The van der Waals surface area contributed by atoms with E-state index in [4.69, 9.17) is 10.3 Å². The average Bonchev–Trinajstić information content (AvgIpc) is 3.02. The first-order valence-corrected chi connectivity index (χ1v) is 8.69. The molecule has 0 bridgehead atoms. The Hall–Kier alpha value is -3.31. The predicted octanol–water partition coefficient (Wildman–Crippen LogP) is 4.24. The highest BCUT2D eigenvalue weighted by Gasteiger charge is 2.59. The normalized spacial score (nSPS) is 18.1. The summed E-state index contributed by atoms with van der Waals surface area (Å²) in [5, 5.41) is 3.32. The summed E-state index contributed by atoms with van der Waals surface area (Å²) in [5.74, 6) is -0.683. The van der Waals surface area contributed by atoms with Crippen LogP contribution in [0.3, 0.4) is 0 Å². The van der Waals surface area contributed by atoms with E-state index in [-0.39, 0.29) is 5.92 Å². The molecule has 1 fully saturated rings. The van der Waals surface area contributed by atoms with E-state index in [2.05, 4.69) is 10.0 Å². The Morgan fingerprint density at radius 2 is 1.67 bits per heavy atom. The number of azide groups is 1. The molecule has 0 N–H and O–H groups in total. The van der Waals surface area contributed by atoms with Crippen molar-refractivity contribution >= 4 is 12.0 Å². The molecule has 0 radical (unpaired) electrons. The number of benzene rings is 2. The third-order valence-corrected chi connectivity index (χ3v) is 4.71. The molecule has 7 nitrogen and oxygen atoms in total. The second-order valence-corrected chi connectivity index (χ2v) is 6.68. The van der Waals surface area contributed by atoms with E-state index < -0.39 is 30.2 Å². The number of rotatable bonds is 5. The number of hydrogen-bond acceptors (Lipinski definition) is 4. The Kier molecular flexibility index (Phi) is 5.14. The first-order valence-electron chi connectivity index (χ1n) is 8.69. The second-order valence-electron chi connectivity index (χ2n) is 6.68. The smallest absolute Gasteiger partial charge is 0.418 e. The molecular weight excluding hydrogens is 344 g/mol. The summed E-state index contributed by atoms with van der Waals surface area (Å²) in [6, 6.07) is 18.2. The zero-order valence-corrected chi connectivity index (χ0v) is 15.1. The van der Waals surface area contributed by atoms with Crippen LogP contribution in [0.1, 0.15) is 25.0 Å². The van der Waals surface area contributed by atoms with Crippen molar-refractivity contribution in [3.63, 3.8) is 0 Å². The monoisotopic (exact) mass is 364 g/mol. The van der Waals surface area contributed by atoms with Gasteiger partial charge in [0.25, 0.3) is 0 Å². The van der Waals surface area contributed by atoms with Crippen molar-refractivity contribution < 1.29 is 14.3 Å². The van der Waals surface area contributed by atoms with Crippen molar-refractivity contribution in [2.24, 2.45) is 11.0 Å². The first-order chi connectivity index (χ1) is 13.0. The van der Waals surface area contributed by atoms with Crippen LogP contribution < -0.4 is 0 Å². The number of carbonyl (C=O) groups excluding carboxylic acids is 2. The van der Waals surface area contributed by atoms with E-state index in [1.165, 1.54) is 0 Å². The van der Waals surface area contributed by atoms with Gasteiger partial charge in [0.15, 0.2) is 5.60 Å². The molecule has 0 unspecified atom stereocenters. The summed E-state index contributed by atoms with van der Waals surface area (Å²) < 4.78 is 5.94. The van der Waals surface area contributed by atoms with Crippen LogP contribution in [0, 0.1) is 5.92 Å². The number of nitrogens with zero attached hydrogens (tertiary/aromatic N) is 4. The van der Waals surface area contributed by atoms with Crippen LogP contribution >= 0.6 is 0 Å². The standard InChI is InChI=1S/C20H20N4O3/c1-14(2)18-20(15-9-5-3-6-10-15,16-11-7-4-8-12-16)27-19(26)24(18)17(25)13-22-23-21/h3-12,14,18H,13H2,1-2H3/t18-/m0/s1. The Bertz CT molecular complexity index is 837. The highest BCUT2D eigenvalue weighted by atomic mass is 16.6. The fraction of sp³-hybridized carbons (Fsp3) is 0.300. The lowest BCUT2D eigenvalue weighted by Crippen LogP contribution is -2.50. The number of imide groups is 1. The SMILES string of the molecule is CC(C)[C@@H]1N(C(=O)CN=[N+]=[N-])C(=O)OC1(c1ccccc1)c1ccccc1. The number of hydrogen-bond donors (Lipinski definition) is 0. The van der Waals surface area contributed by atoms with Gasteiger partial charge in [-0.25, -0.2) is 9.69 Å². The molecule has 1 saturated heterocycles. The minimum Gasteiger partial charge on any atom is -0.430 e. The van der Waals surface area contributed by atoms with Crippen molar-refractivity contribution in [2.75, 3.05) is 6.54 Å². The Labute approximate surface area is 157 Å².